The molecule has 1 aliphatic carbocycles. The second kappa shape index (κ2) is 7.63. The lowest BCUT2D eigenvalue weighted by molar-refractivity contribution is -0.122. The molecule has 0 aromatic rings. The van der Waals surface area contributed by atoms with Crippen LogP contribution in [0.3, 0.4) is 0 Å². The van der Waals surface area contributed by atoms with Crippen LogP contribution >= 0.6 is 0 Å². The van der Waals surface area contributed by atoms with Crippen molar-refractivity contribution in [1.29, 1.82) is 0 Å². The second-order valence-electron chi connectivity index (χ2n) is 4.91. The molecule has 1 saturated carbocycles. The van der Waals surface area contributed by atoms with Crippen LogP contribution in [0, 0.1) is 5.41 Å². The maximum atomic E-state index is 10.4. The third kappa shape index (κ3) is 5.48. The summed E-state index contributed by atoms with van der Waals surface area (Å²) in [5.74, 6) is -0.441. The Morgan fingerprint density at radius 1 is 1.35 bits per heavy atom. The van der Waals surface area contributed by atoms with E-state index in [2.05, 4.69) is 5.32 Å². The Morgan fingerprint density at radius 2 is 2.06 bits per heavy atom. The summed E-state index contributed by atoms with van der Waals surface area (Å²) in [6, 6.07) is 0. The van der Waals surface area contributed by atoms with Gasteiger partial charge in [0.2, 0.25) is 5.91 Å². The zero-order chi connectivity index (χ0) is 12.6. The number of hydrogen-bond donors (Lipinski definition) is 3. The van der Waals surface area contributed by atoms with E-state index < -0.39 is 5.91 Å². The molecule has 0 heterocycles. The maximum absolute atomic E-state index is 10.4. The molecule has 0 atom stereocenters. The summed E-state index contributed by atoms with van der Waals surface area (Å²) in [5, 5.41) is 12.8. The van der Waals surface area contributed by atoms with Crippen molar-refractivity contribution < 1.29 is 14.6 Å². The van der Waals surface area contributed by atoms with Crippen LogP contribution in [0.4, 0.5) is 0 Å². The first kappa shape index (κ1) is 14.4. The fourth-order valence-corrected chi connectivity index (χ4v) is 2.36. The van der Waals surface area contributed by atoms with Crippen molar-refractivity contribution in [2.24, 2.45) is 11.1 Å². The molecule has 1 fully saturated rings. The summed E-state index contributed by atoms with van der Waals surface area (Å²) in [7, 11) is 0. The van der Waals surface area contributed by atoms with E-state index in [1.807, 2.05) is 0 Å². The van der Waals surface area contributed by atoms with E-state index in [0.29, 0.717) is 13.2 Å². The van der Waals surface area contributed by atoms with Gasteiger partial charge in [0, 0.05) is 25.1 Å². The number of carbonyl (C=O) groups is 1. The minimum absolute atomic E-state index is 0.0210. The van der Waals surface area contributed by atoms with Crippen LogP contribution in [-0.2, 0) is 9.53 Å². The molecule has 0 aromatic heterocycles. The first-order valence-electron chi connectivity index (χ1n) is 6.36. The van der Waals surface area contributed by atoms with Gasteiger partial charge in [-0.1, -0.05) is 19.3 Å². The Morgan fingerprint density at radius 3 is 2.65 bits per heavy atom. The Kier molecular flexibility index (Phi) is 6.47. The number of amides is 1. The third-order valence-electron chi connectivity index (χ3n) is 3.42. The van der Waals surface area contributed by atoms with E-state index in [-0.39, 0.29) is 18.6 Å². The molecule has 1 amide bonds. The summed E-state index contributed by atoms with van der Waals surface area (Å²) in [5.41, 5.74) is 5.01. The molecular formula is C12H24N2O3. The van der Waals surface area contributed by atoms with Crippen LogP contribution in [0.5, 0.6) is 0 Å². The fourth-order valence-electron chi connectivity index (χ4n) is 2.36. The largest absolute Gasteiger partial charge is 0.396 e. The Labute approximate surface area is 103 Å². The SMILES string of the molecule is NC(=O)COCCNCC1(CO)CCCCC1. The van der Waals surface area contributed by atoms with E-state index in [4.69, 9.17) is 10.5 Å². The quantitative estimate of drug-likeness (QED) is 0.526. The van der Waals surface area contributed by atoms with E-state index in [1.165, 1.54) is 19.3 Å². The maximum Gasteiger partial charge on any atom is 0.243 e. The van der Waals surface area contributed by atoms with Gasteiger partial charge in [0.25, 0.3) is 0 Å². The number of aliphatic hydroxyl groups is 1. The highest BCUT2D eigenvalue weighted by Gasteiger charge is 2.30. The number of nitrogens with two attached hydrogens (primary N) is 1. The smallest absolute Gasteiger partial charge is 0.243 e. The molecule has 0 radical (unpaired) electrons. The standard InChI is InChI=1S/C12H24N2O3/c13-11(16)8-17-7-6-14-9-12(10-15)4-2-1-3-5-12/h14-15H,1-10H2,(H2,13,16). The lowest BCUT2D eigenvalue weighted by Crippen LogP contribution is -2.40. The van der Waals surface area contributed by atoms with Gasteiger partial charge < -0.3 is 20.9 Å². The Hall–Kier alpha value is -0.650. The zero-order valence-corrected chi connectivity index (χ0v) is 10.4. The first-order valence-corrected chi connectivity index (χ1v) is 6.36. The van der Waals surface area contributed by atoms with Crippen molar-refractivity contribution in [3.05, 3.63) is 0 Å². The van der Waals surface area contributed by atoms with E-state index in [0.717, 1.165) is 19.4 Å². The molecule has 0 aliphatic heterocycles. The molecule has 4 N–H and O–H groups in total. The van der Waals surface area contributed by atoms with Crippen molar-refractivity contribution in [3.63, 3.8) is 0 Å². The Bertz CT molecular complexity index is 228. The van der Waals surface area contributed by atoms with Gasteiger partial charge in [-0.3, -0.25) is 4.79 Å². The topological polar surface area (TPSA) is 84.6 Å². The number of aliphatic hydroxyl groups excluding tert-OH is 1. The number of nitrogens with one attached hydrogen (secondary N) is 1. The highest BCUT2D eigenvalue weighted by molar-refractivity contribution is 5.74. The molecule has 1 aliphatic rings. The monoisotopic (exact) mass is 244 g/mol. The molecule has 100 valence electrons. The van der Waals surface area contributed by atoms with Gasteiger partial charge in [0.1, 0.15) is 6.61 Å². The van der Waals surface area contributed by atoms with Crippen LogP contribution in [0.1, 0.15) is 32.1 Å². The van der Waals surface area contributed by atoms with E-state index >= 15 is 0 Å². The van der Waals surface area contributed by atoms with Crippen molar-refractivity contribution >= 4 is 5.91 Å². The van der Waals surface area contributed by atoms with Gasteiger partial charge in [-0.25, -0.2) is 0 Å². The lowest BCUT2D eigenvalue weighted by Gasteiger charge is -2.35. The molecule has 5 heteroatoms. The van der Waals surface area contributed by atoms with Gasteiger partial charge in [0.15, 0.2) is 0 Å². The minimum atomic E-state index is -0.441. The van der Waals surface area contributed by atoms with Crippen molar-refractivity contribution in [2.45, 2.75) is 32.1 Å². The number of hydrogen-bond acceptors (Lipinski definition) is 4. The highest BCUT2D eigenvalue weighted by Crippen LogP contribution is 2.34. The normalized spacial score (nSPS) is 19.1. The van der Waals surface area contributed by atoms with Crippen LogP contribution in [-0.4, -0.2) is 43.9 Å². The average Bonchev–Trinajstić information content (AvgIpc) is 2.34. The summed E-state index contributed by atoms with van der Waals surface area (Å²) >= 11 is 0. The van der Waals surface area contributed by atoms with Gasteiger partial charge >= 0.3 is 0 Å². The predicted octanol–water partition coefficient (Wildman–Crippen LogP) is 0.0207. The van der Waals surface area contributed by atoms with Gasteiger partial charge in [0.05, 0.1) is 6.61 Å². The lowest BCUT2D eigenvalue weighted by atomic mass is 9.74. The Balaban J connectivity index is 2.09. The van der Waals surface area contributed by atoms with Crippen LogP contribution in [0.15, 0.2) is 0 Å². The van der Waals surface area contributed by atoms with Crippen LogP contribution in [0.2, 0.25) is 0 Å². The van der Waals surface area contributed by atoms with Crippen LogP contribution in [0.25, 0.3) is 0 Å². The molecule has 0 bridgehead atoms. The van der Waals surface area contributed by atoms with E-state index in [9.17, 15) is 9.90 Å². The number of ether oxygens (including phenoxy) is 1. The van der Waals surface area contributed by atoms with Gasteiger partial charge in [-0.2, -0.15) is 0 Å². The molecule has 0 saturated heterocycles. The van der Waals surface area contributed by atoms with Crippen LogP contribution < -0.4 is 11.1 Å². The zero-order valence-electron chi connectivity index (χ0n) is 10.4. The first-order chi connectivity index (χ1) is 8.18. The summed E-state index contributed by atoms with van der Waals surface area (Å²) in [6.45, 7) is 2.22. The van der Waals surface area contributed by atoms with E-state index in [1.54, 1.807) is 0 Å². The summed E-state index contributed by atoms with van der Waals surface area (Å²) in [4.78, 5) is 10.4. The highest BCUT2D eigenvalue weighted by atomic mass is 16.5. The molecule has 17 heavy (non-hydrogen) atoms. The fraction of sp³-hybridized carbons (Fsp3) is 0.917. The van der Waals surface area contributed by atoms with Gasteiger partial charge in [-0.15, -0.1) is 0 Å². The average molecular weight is 244 g/mol. The molecular weight excluding hydrogens is 220 g/mol. The molecule has 0 aromatic carbocycles. The molecule has 0 unspecified atom stereocenters. The molecule has 0 spiro atoms. The molecule has 5 nitrogen and oxygen atoms in total. The summed E-state index contributed by atoms with van der Waals surface area (Å²) < 4.78 is 5.05. The van der Waals surface area contributed by atoms with Crippen molar-refractivity contribution in [3.8, 4) is 0 Å². The number of primary amides is 1. The second-order valence-corrected chi connectivity index (χ2v) is 4.91. The van der Waals surface area contributed by atoms with Gasteiger partial charge in [-0.05, 0) is 12.8 Å². The number of rotatable bonds is 8. The van der Waals surface area contributed by atoms with Crippen molar-refractivity contribution in [1.82, 2.24) is 5.32 Å². The van der Waals surface area contributed by atoms with Crippen molar-refractivity contribution in [2.75, 3.05) is 32.9 Å². The summed E-state index contributed by atoms with van der Waals surface area (Å²) in [6.07, 6.45) is 5.89. The third-order valence-corrected chi connectivity index (χ3v) is 3.42. The predicted molar refractivity (Wildman–Crippen MR) is 65.5 cm³/mol. The molecule has 1 rings (SSSR count). The number of carbonyl (C=O) groups excluding carboxylic acids is 1. The minimum Gasteiger partial charge on any atom is -0.396 e.